The molecule has 0 heterocycles. The summed E-state index contributed by atoms with van der Waals surface area (Å²) in [4.78, 5) is 11.8. The maximum Gasteiger partial charge on any atom is 0.333 e. The van der Waals surface area contributed by atoms with E-state index < -0.39 is 11.5 Å². The van der Waals surface area contributed by atoms with Crippen LogP contribution in [0, 0.1) is 0 Å². The zero-order valence-corrected chi connectivity index (χ0v) is 14.1. The van der Waals surface area contributed by atoms with Gasteiger partial charge in [-0.3, -0.25) is 0 Å². The van der Waals surface area contributed by atoms with E-state index in [0.29, 0.717) is 16.3 Å². The van der Waals surface area contributed by atoms with Crippen LogP contribution in [0.5, 0.6) is 0 Å². The molecule has 1 atom stereocenters. The lowest BCUT2D eigenvalue weighted by molar-refractivity contribution is -0.142. The predicted octanol–water partition coefficient (Wildman–Crippen LogP) is 5.17. The third kappa shape index (κ3) is 3.18. The molecule has 2 N–H and O–H groups in total. The molecule has 0 bridgehead atoms. The first kappa shape index (κ1) is 16.1. The van der Waals surface area contributed by atoms with Crippen LogP contribution in [0.3, 0.4) is 0 Å². The molecule has 3 nitrogen and oxygen atoms in total. The Morgan fingerprint density at radius 1 is 1.19 bits per heavy atom. The van der Waals surface area contributed by atoms with Crippen LogP contribution in [0.4, 0.5) is 5.69 Å². The van der Waals surface area contributed by atoms with Gasteiger partial charge in [0.05, 0.1) is 10.0 Å². The monoisotopic (exact) mass is 387 g/mol. The summed E-state index contributed by atoms with van der Waals surface area (Å²) in [6, 6.07) is 12.2. The number of carbonyl (C=O) groups is 1. The lowest BCUT2D eigenvalue weighted by Gasteiger charge is -2.29. The number of carboxylic acids is 1. The summed E-state index contributed by atoms with van der Waals surface area (Å²) in [5.74, 6) is -1.05. The van der Waals surface area contributed by atoms with Gasteiger partial charge in [0, 0.05) is 15.7 Å². The van der Waals surface area contributed by atoms with Crippen molar-refractivity contribution in [3.05, 3.63) is 62.5 Å². The Labute approximate surface area is 141 Å². The van der Waals surface area contributed by atoms with E-state index in [1.165, 1.54) is 0 Å². The topological polar surface area (TPSA) is 49.3 Å². The minimum Gasteiger partial charge on any atom is -0.479 e. The normalized spacial score (nSPS) is 13.5. The zero-order chi connectivity index (χ0) is 15.6. The summed E-state index contributed by atoms with van der Waals surface area (Å²) in [6.07, 6.45) is 0. The number of halogens is 3. The van der Waals surface area contributed by atoms with Crippen LogP contribution in [-0.2, 0) is 10.3 Å². The van der Waals surface area contributed by atoms with Gasteiger partial charge in [0.1, 0.15) is 0 Å². The van der Waals surface area contributed by atoms with E-state index in [1.54, 1.807) is 31.2 Å². The average Bonchev–Trinajstić information content (AvgIpc) is 2.44. The van der Waals surface area contributed by atoms with Crippen LogP contribution in [0.25, 0.3) is 0 Å². The highest BCUT2D eigenvalue weighted by Gasteiger charge is 2.37. The second-order valence-corrected chi connectivity index (χ2v) is 6.28. The molecule has 0 fully saturated rings. The Balaban J connectivity index is 2.54. The van der Waals surface area contributed by atoms with E-state index in [0.717, 1.165) is 4.47 Å². The molecule has 0 spiro atoms. The van der Waals surface area contributed by atoms with Gasteiger partial charge in [-0.2, -0.15) is 0 Å². The Bertz CT molecular complexity index is 693. The molecule has 0 saturated heterocycles. The lowest BCUT2D eigenvalue weighted by Crippen LogP contribution is -2.40. The van der Waals surface area contributed by atoms with Crippen molar-refractivity contribution >= 4 is 50.8 Å². The van der Waals surface area contributed by atoms with Crippen LogP contribution in [0.15, 0.2) is 46.9 Å². The van der Waals surface area contributed by atoms with Gasteiger partial charge in [-0.15, -0.1) is 0 Å². The Hall–Kier alpha value is -1.23. The molecule has 0 aliphatic carbocycles. The van der Waals surface area contributed by atoms with Crippen molar-refractivity contribution < 1.29 is 9.90 Å². The van der Waals surface area contributed by atoms with E-state index in [9.17, 15) is 9.90 Å². The minimum absolute atomic E-state index is 0.226. The highest BCUT2D eigenvalue weighted by atomic mass is 79.9. The average molecular weight is 389 g/mol. The Kier molecular flexibility index (Phi) is 4.81. The number of hydrogen-bond donors (Lipinski definition) is 2. The summed E-state index contributed by atoms with van der Waals surface area (Å²) in [6.45, 7) is 1.55. The van der Waals surface area contributed by atoms with Crippen molar-refractivity contribution in [1.82, 2.24) is 0 Å². The quantitative estimate of drug-likeness (QED) is 0.759. The van der Waals surface area contributed by atoms with Crippen molar-refractivity contribution in [2.24, 2.45) is 0 Å². The Morgan fingerprint density at radius 3 is 2.48 bits per heavy atom. The fraction of sp³-hybridized carbons (Fsp3) is 0.133. The highest BCUT2D eigenvalue weighted by Crippen LogP contribution is 2.37. The number of nitrogens with one attached hydrogen (secondary N) is 1. The summed E-state index contributed by atoms with van der Waals surface area (Å²) >= 11 is 15.6. The largest absolute Gasteiger partial charge is 0.479 e. The summed E-state index contributed by atoms with van der Waals surface area (Å²) in [7, 11) is 0. The first-order valence-corrected chi connectivity index (χ1v) is 7.61. The van der Waals surface area contributed by atoms with Gasteiger partial charge in [-0.1, -0.05) is 47.5 Å². The molecule has 110 valence electrons. The number of rotatable bonds is 4. The molecule has 1 unspecified atom stereocenters. The van der Waals surface area contributed by atoms with Gasteiger partial charge in [-0.25, -0.2) is 4.79 Å². The number of benzene rings is 2. The molecule has 0 aromatic heterocycles. The third-order valence-corrected chi connectivity index (χ3v) is 4.69. The molecule has 0 amide bonds. The second-order valence-electron chi connectivity index (χ2n) is 4.64. The van der Waals surface area contributed by atoms with Crippen molar-refractivity contribution in [2.75, 3.05) is 5.32 Å². The van der Waals surface area contributed by atoms with Crippen molar-refractivity contribution in [2.45, 2.75) is 12.5 Å². The maximum atomic E-state index is 11.8. The van der Waals surface area contributed by atoms with E-state index in [-0.39, 0.29) is 5.02 Å². The fourth-order valence-electron chi connectivity index (χ4n) is 1.96. The van der Waals surface area contributed by atoms with Gasteiger partial charge in [0.25, 0.3) is 0 Å². The number of aliphatic carboxylic acids is 1. The number of anilines is 1. The SMILES string of the molecule is CC(Nc1ccccc1Br)(C(=O)O)c1cccc(Cl)c1Cl. The standard InChI is InChI=1S/C15H12BrCl2NO2/c1-15(14(20)21,9-5-4-7-11(17)13(9)18)19-12-8-3-2-6-10(12)16/h2-8,19H,1H3,(H,20,21). The molecule has 0 aliphatic rings. The van der Waals surface area contributed by atoms with Gasteiger partial charge in [0.2, 0.25) is 0 Å². The number of para-hydroxylation sites is 1. The van der Waals surface area contributed by atoms with Crippen molar-refractivity contribution in [3.8, 4) is 0 Å². The molecule has 2 aromatic carbocycles. The van der Waals surface area contributed by atoms with Crippen molar-refractivity contribution in [1.29, 1.82) is 0 Å². The second kappa shape index (κ2) is 6.26. The predicted molar refractivity (Wildman–Crippen MR) is 89.2 cm³/mol. The van der Waals surface area contributed by atoms with Crippen LogP contribution < -0.4 is 5.32 Å². The molecule has 2 rings (SSSR count). The first-order chi connectivity index (χ1) is 9.86. The van der Waals surface area contributed by atoms with Gasteiger partial charge < -0.3 is 10.4 Å². The zero-order valence-electron chi connectivity index (χ0n) is 11.0. The maximum absolute atomic E-state index is 11.8. The molecule has 21 heavy (non-hydrogen) atoms. The van der Waals surface area contributed by atoms with E-state index in [2.05, 4.69) is 21.2 Å². The minimum atomic E-state index is -1.41. The van der Waals surface area contributed by atoms with Gasteiger partial charge in [-0.05, 0) is 41.1 Å². The molecule has 6 heteroatoms. The lowest BCUT2D eigenvalue weighted by atomic mass is 9.91. The highest BCUT2D eigenvalue weighted by molar-refractivity contribution is 9.10. The number of hydrogen-bond acceptors (Lipinski definition) is 2. The van der Waals surface area contributed by atoms with E-state index in [1.807, 2.05) is 18.2 Å². The molecule has 0 saturated carbocycles. The van der Waals surface area contributed by atoms with Crippen molar-refractivity contribution in [3.63, 3.8) is 0 Å². The molecule has 0 aliphatic heterocycles. The molecule has 0 radical (unpaired) electrons. The van der Waals surface area contributed by atoms with Gasteiger partial charge in [0.15, 0.2) is 5.54 Å². The Morgan fingerprint density at radius 2 is 1.86 bits per heavy atom. The smallest absolute Gasteiger partial charge is 0.333 e. The molecular formula is C15H12BrCl2NO2. The van der Waals surface area contributed by atoms with E-state index in [4.69, 9.17) is 23.2 Å². The fourth-order valence-corrected chi connectivity index (χ4v) is 2.83. The summed E-state index contributed by atoms with van der Waals surface area (Å²) in [5.41, 5.74) is -0.357. The third-order valence-electron chi connectivity index (χ3n) is 3.18. The van der Waals surface area contributed by atoms with Crippen LogP contribution in [0.2, 0.25) is 10.0 Å². The van der Waals surface area contributed by atoms with Crippen LogP contribution in [0.1, 0.15) is 12.5 Å². The first-order valence-electron chi connectivity index (χ1n) is 6.07. The molecular weight excluding hydrogens is 377 g/mol. The van der Waals surface area contributed by atoms with E-state index >= 15 is 0 Å². The summed E-state index contributed by atoms with van der Waals surface area (Å²) in [5, 5.41) is 13.2. The van der Waals surface area contributed by atoms with Crippen LogP contribution >= 0.6 is 39.1 Å². The van der Waals surface area contributed by atoms with Crippen LogP contribution in [-0.4, -0.2) is 11.1 Å². The van der Waals surface area contributed by atoms with Gasteiger partial charge >= 0.3 is 5.97 Å². The summed E-state index contributed by atoms with van der Waals surface area (Å²) < 4.78 is 0.760. The molecule has 2 aromatic rings. The number of carboxylic acid groups (broad SMARTS) is 1.